The zero-order valence-electron chi connectivity index (χ0n) is 12.0. The maximum absolute atomic E-state index is 13.6. The molecule has 21 heavy (non-hydrogen) atoms. The number of hydrogen-bond acceptors (Lipinski definition) is 2. The fourth-order valence-corrected chi connectivity index (χ4v) is 2.34. The van der Waals surface area contributed by atoms with E-state index in [-0.39, 0.29) is 30.2 Å². The van der Waals surface area contributed by atoms with Crippen molar-refractivity contribution >= 4 is 18.3 Å². The van der Waals surface area contributed by atoms with Crippen LogP contribution in [0.2, 0.25) is 0 Å². The number of carbonyl (C=O) groups is 1. The Labute approximate surface area is 129 Å². The van der Waals surface area contributed by atoms with Gasteiger partial charge in [0, 0.05) is 19.0 Å². The lowest BCUT2D eigenvalue weighted by Crippen LogP contribution is -2.33. The lowest BCUT2D eigenvalue weighted by atomic mass is 10.1. The van der Waals surface area contributed by atoms with Crippen molar-refractivity contribution in [3.05, 3.63) is 35.4 Å². The molecule has 0 aliphatic heterocycles. The van der Waals surface area contributed by atoms with Crippen molar-refractivity contribution in [2.24, 2.45) is 5.92 Å². The first-order chi connectivity index (χ1) is 9.65. The Bertz CT molecular complexity index is 485. The minimum absolute atomic E-state index is 0. The number of nitrogens with one attached hydrogen (secondary N) is 2. The lowest BCUT2D eigenvalue weighted by Gasteiger charge is -2.06. The second-order valence-corrected chi connectivity index (χ2v) is 5.13. The lowest BCUT2D eigenvalue weighted by molar-refractivity contribution is -0.122. The molecule has 0 radical (unpaired) electrons. The molecule has 0 saturated heterocycles. The van der Waals surface area contributed by atoms with Gasteiger partial charge >= 0.3 is 0 Å². The van der Waals surface area contributed by atoms with E-state index in [2.05, 4.69) is 17.6 Å². The molecule has 3 nitrogen and oxygen atoms in total. The van der Waals surface area contributed by atoms with Gasteiger partial charge in [0.1, 0.15) is 0 Å². The van der Waals surface area contributed by atoms with Crippen molar-refractivity contribution in [3.8, 4) is 0 Å². The van der Waals surface area contributed by atoms with E-state index in [0.717, 1.165) is 25.6 Å². The topological polar surface area (TPSA) is 41.1 Å². The second-order valence-electron chi connectivity index (χ2n) is 5.13. The van der Waals surface area contributed by atoms with Crippen molar-refractivity contribution in [1.29, 1.82) is 0 Å². The van der Waals surface area contributed by atoms with E-state index < -0.39 is 11.6 Å². The number of halogens is 3. The van der Waals surface area contributed by atoms with E-state index in [0.29, 0.717) is 18.5 Å². The van der Waals surface area contributed by atoms with Gasteiger partial charge in [0.2, 0.25) is 5.91 Å². The third-order valence-corrected chi connectivity index (χ3v) is 3.54. The largest absolute Gasteiger partial charge is 0.355 e. The van der Waals surface area contributed by atoms with Gasteiger partial charge in [-0.15, -0.1) is 12.4 Å². The minimum Gasteiger partial charge on any atom is -0.355 e. The Morgan fingerprint density at radius 1 is 1.29 bits per heavy atom. The molecule has 1 aliphatic carbocycles. The van der Waals surface area contributed by atoms with Crippen LogP contribution >= 0.6 is 12.4 Å². The zero-order chi connectivity index (χ0) is 14.5. The van der Waals surface area contributed by atoms with Gasteiger partial charge in [-0.2, -0.15) is 0 Å². The molecule has 2 rings (SSSR count). The summed E-state index contributed by atoms with van der Waals surface area (Å²) in [4.78, 5) is 11.9. The first-order valence-electron chi connectivity index (χ1n) is 7.07. The Balaban J connectivity index is 0.00000220. The smallest absolute Gasteiger partial charge is 0.223 e. The van der Waals surface area contributed by atoms with E-state index in [1.54, 1.807) is 6.07 Å². The van der Waals surface area contributed by atoms with Crippen LogP contribution < -0.4 is 10.6 Å². The van der Waals surface area contributed by atoms with Gasteiger partial charge in [0.15, 0.2) is 11.6 Å². The third-order valence-electron chi connectivity index (χ3n) is 3.54. The van der Waals surface area contributed by atoms with Crippen LogP contribution in [0.25, 0.3) is 0 Å². The normalized spacial score (nSPS) is 19.8. The maximum Gasteiger partial charge on any atom is 0.223 e. The predicted molar refractivity (Wildman–Crippen MR) is 80.6 cm³/mol. The number of benzene rings is 1. The van der Waals surface area contributed by atoms with Crippen LogP contribution in [0.5, 0.6) is 0 Å². The van der Waals surface area contributed by atoms with Gasteiger partial charge in [-0.3, -0.25) is 4.79 Å². The SMILES string of the molecule is CCCNCCNC(=O)C1CC1c1cccc(F)c1F.Cl. The molecule has 2 unspecified atom stereocenters. The first kappa shape index (κ1) is 17.9. The molecule has 0 spiro atoms. The Morgan fingerprint density at radius 3 is 2.76 bits per heavy atom. The molecule has 1 saturated carbocycles. The van der Waals surface area contributed by atoms with E-state index in [9.17, 15) is 13.6 Å². The first-order valence-corrected chi connectivity index (χ1v) is 7.07. The molecule has 0 heterocycles. The van der Waals surface area contributed by atoms with Crippen molar-refractivity contribution in [1.82, 2.24) is 10.6 Å². The average molecular weight is 319 g/mol. The number of carbonyl (C=O) groups excluding carboxylic acids is 1. The van der Waals surface area contributed by atoms with E-state index in [1.807, 2.05) is 0 Å². The fraction of sp³-hybridized carbons (Fsp3) is 0.533. The highest BCUT2D eigenvalue weighted by molar-refractivity contribution is 5.85. The summed E-state index contributed by atoms with van der Waals surface area (Å²) in [5, 5.41) is 6.00. The number of amides is 1. The van der Waals surface area contributed by atoms with Crippen LogP contribution in [-0.2, 0) is 4.79 Å². The molecule has 1 fully saturated rings. The molecule has 0 bridgehead atoms. The summed E-state index contributed by atoms with van der Waals surface area (Å²) in [6.07, 6.45) is 1.64. The molecule has 118 valence electrons. The standard InChI is InChI=1S/C15H20F2N2O.ClH/c1-2-6-18-7-8-19-15(20)12-9-11(12)10-4-3-5-13(16)14(10)17;/h3-5,11-12,18H,2,6-9H2,1H3,(H,19,20);1H. The fourth-order valence-electron chi connectivity index (χ4n) is 2.34. The van der Waals surface area contributed by atoms with E-state index in [4.69, 9.17) is 0 Å². The predicted octanol–water partition coefficient (Wildman–Crippen LogP) is 2.61. The monoisotopic (exact) mass is 318 g/mol. The minimum atomic E-state index is -0.850. The molecule has 1 amide bonds. The highest BCUT2D eigenvalue weighted by Crippen LogP contribution is 2.48. The van der Waals surface area contributed by atoms with Crippen LogP contribution in [0.4, 0.5) is 8.78 Å². The Hall–Kier alpha value is -1.20. The molecule has 1 aliphatic rings. The van der Waals surface area contributed by atoms with Gasteiger partial charge in [-0.25, -0.2) is 8.78 Å². The van der Waals surface area contributed by atoms with Crippen LogP contribution in [0.3, 0.4) is 0 Å². The number of rotatable bonds is 7. The summed E-state index contributed by atoms with van der Waals surface area (Å²) in [6.45, 7) is 4.29. The summed E-state index contributed by atoms with van der Waals surface area (Å²) >= 11 is 0. The van der Waals surface area contributed by atoms with Gasteiger partial charge in [0.05, 0.1) is 0 Å². The van der Waals surface area contributed by atoms with Gasteiger partial charge in [-0.05, 0) is 36.9 Å². The molecule has 2 atom stereocenters. The summed E-state index contributed by atoms with van der Waals surface area (Å²) in [5.41, 5.74) is 0.314. The van der Waals surface area contributed by atoms with Gasteiger partial charge in [0.25, 0.3) is 0 Å². The van der Waals surface area contributed by atoms with E-state index >= 15 is 0 Å². The Morgan fingerprint density at radius 2 is 2.05 bits per heavy atom. The zero-order valence-corrected chi connectivity index (χ0v) is 12.8. The maximum atomic E-state index is 13.6. The van der Waals surface area contributed by atoms with E-state index in [1.165, 1.54) is 6.07 Å². The van der Waals surface area contributed by atoms with Crippen LogP contribution in [0.15, 0.2) is 18.2 Å². The molecule has 0 aromatic heterocycles. The highest BCUT2D eigenvalue weighted by atomic mass is 35.5. The summed E-state index contributed by atoms with van der Waals surface area (Å²) in [6, 6.07) is 4.13. The van der Waals surface area contributed by atoms with Crippen molar-refractivity contribution in [3.63, 3.8) is 0 Å². The van der Waals surface area contributed by atoms with Crippen molar-refractivity contribution in [2.45, 2.75) is 25.7 Å². The van der Waals surface area contributed by atoms with Crippen LogP contribution in [0.1, 0.15) is 31.2 Å². The van der Waals surface area contributed by atoms with Gasteiger partial charge < -0.3 is 10.6 Å². The third kappa shape index (κ3) is 4.64. The molecular formula is C15H21ClF2N2O. The molecular weight excluding hydrogens is 298 g/mol. The molecule has 2 N–H and O–H groups in total. The summed E-state index contributed by atoms with van der Waals surface area (Å²) in [5.74, 6) is -2.15. The average Bonchev–Trinajstić information content (AvgIpc) is 3.22. The highest BCUT2D eigenvalue weighted by Gasteiger charge is 2.45. The van der Waals surface area contributed by atoms with Crippen LogP contribution in [-0.4, -0.2) is 25.5 Å². The molecule has 6 heteroatoms. The quantitative estimate of drug-likeness (QED) is 0.759. The van der Waals surface area contributed by atoms with Crippen LogP contribution in [0, 0.1) is 17.6 Å². The van der Waals surface area contributed by atoms with Crippen molar-refractivity contribution in [2.75, 3.05) is 19.6 Å². The second kappa shape index (κ2) is 8.29. The molecule has 1 aromatic rings. The van der Waals surface area contributed by atoms with Crippen molar-refractivity contribution < 1.29 is 13.6 Å². The Kier molecular flexibility index (Phi) is 7.05. The summed E-state index contributed by atoms with van der Waals surface area (Å²) in [7, 11) is 0. The number of hydrogen-bond donors (Lipinski definition) is 2. The molecule has 1 aromatic carbocycles. The van der Waals surface area contributed by atoms with Gasteiger partial charge in [-0.1, -0.05) is 19.1 Å². The summed E-state index contributed by atoms with van der Waals surface area (Å²) < 4.78 is 26.7.